The summed E-state index contributed by atoms with van der Waals surface area (Å²) in [6.07, 6.45) is 0. The maximum atomic E-state index is 5.82. The molecular weight excluding hydrogens is 329 g/mol. The number of rotatable bonds is 4. The van der Waals surface area contributed by atoms with Gasteiger partial charge in [0.2, 0.25) is 0 Å². The minimum atomic E-state index is 0.0862. The first-order valence-corrected chi connectivity index (χ1v) is 7.71. The Labute approximate surface area is 132 Å². The smallest absolute Gasteiger partial charge is 0.134 e. The molecule has 0 aliphatic rings. The summed E-state index contributed by atoms with van der Waals surface area (Å²) in [5.41, 5.74) is 1.18. The monoisotopic (exact) mass is 339 g/mol. The minimum absolute atomic E-state index is 0.0862. The second-order valence-electron chi connectivity index (χ2n) is 3.52. The van der Waals surface area contributed by atoms with Crippen LogP contribution in [-0.2, 0) is 0 Å². The van der Waals surface area contributed by atoms with Crippen molar-refractivity contribution in [2.24, 2.45) is 0 Å². The van der Waals surface area contributed by atoms with E-state index in [4.69, 9.17) is 47.0 Å². The van der Waals surface area contributed by atoms with Gasteiger partial charge in [-0.05, 0) is 12.5 Å². The van der Waals surface area contributed by atoms with E-state index in [1.165, 1.54) is 17.3 Å². The molecule has 0 aromatic heterocycles. The third kappa shape index (κ3) is 5.81. The van der Waals surface area contributed by atoms with Gasteiger partial charge in [-0.25, -0.2) is 0 Å². The molecule has 0 spiro atoms. The second-order valence-corrected chi connectivity index (χ2v) is 6.58. The molecule has 1 aromatic rings. The first-order valence-electron chi connectivity index (χ1n) is 5.18. The van der Waals surface area contributed by atoms with Crippen molar-refractivity contribution in [3.05, 3.63) is 45.4 Å². The molecule has 18 heavy (non-hydrogen) atoms. The van der Waals surface area contributed by atoms with Gasteiger partial charge in [-0.2, -0.15) is 0 Å². The number of thiocarbonyl (C=S) groups is 1. The first kappa shape index (κ1) is 16.1. The van der Waals surface area contributed by atoms with Crippen molar-refractivity contribution >= 4 is 63.1 Å². The standard InChI is InChI=1S/C12H12Cl3NS2/c1-8(9-5-3-2-4-6-9)16-12(17)18-7-10(13)11(14)15/h2-6,8H,7H2,1H3,(H,16,17). The molecular formula is C12H12Cl3NS2. The van der Waals surface area contributed by atoms with Gasteiger partial charge in [0.1, 0.15) is 8.81 Å². The Morgan fingerprint density at radius 1 is 1.28 bits per heavy atom. The highest BCUT2D eigenvalue weighted by molar-refractivity contribution is 8.23. The van der Waals surface area contributed by atoms with Gasteiger partial charge in [-0.15, -0.1) is 0 Å². The molecule has 1 rings (SSSR count). The van der Waals surface area contributed by atoms with E-state index in [1.807, 2.05) is 37.3 Å². The van der Waals surface area contributed by atoms with E-state index in [9.17, 15) is 0 Å². The third-order valence-electron chi connectivity index (χ3n) is 2.17. The zero-order chi connectivity index (χ0) is 13.5. The van der Waals surface area contributed by atoms with E-state index in [0.29, 0.717) is 15.1 Å². The molecule has 1 nitrogen and oxygen atoms in total. The second kappa shape index (κ2) is 8.28. The van der Waals surface area contributed by atoms with Crippen LogP contribution in [0.2, 0.25) is 0 Å². The first-order chi connectivity index (χ1) is 8.50. The molecule has 6 heteroatoms. The molecule has 0 amide bonds. The van der Waals surface area contributed by atoms with Crippen molar-refractivity contribution in [3.8, 4) is 0 Å². The maximum Gasteiger partial charge on any atom is 0.134 e. The van der Waals surface area contributed by atoms with E-state index in [0.717, 1.165) is 0 Å². The van der Waals surface area contributed by atoms with E-state index >= 15 is 0 Å². The Balaban J connectivity index is 2.44. The van der Waals surface area contributed by atoms with Crippen LogP contribution in [0.25, 0.3) is 0 Å². The van der Waals surface area contributed by atoms with Gasteiger partial charge in [0.05, 0.1) is 5.03 Å². The number of benzene rings is 1. The van der Waals surface area contributed by atoms with E-state index in [-0.39, 0.29) is 10.5 Å². The van der Waals surface area contributed by atoms with Crippen molar-refractivity contribution < 1.29 is 0 Å². The molecule has 0 radical (unpaired) electrons. The van der Waals surface area contributed by atoms with Crippen molar-refractivity contribution in [2.75, 3.05) is 5.75 Å². The Bertz CT molecular complexity index is 430. The highest BCUT2D eigenvalue weighted by atomic mass is 35.5. The molecule has 1 atom stereocenters. The lowest BCUT2D eigenvalue weighted by Gasteiger charge is -2.15. The molecule has 0 saturated heterocycles. The highest BCUT2D eigenvalue weighted by Gasteiger charge is 2.08. The van der Waals surface area contributed by atoms with Crippen molar-refractivity contribution in [2.45, 2.75) is 13.0 Å². The molecule has 98 valence electrons. The Morgan fingerprint density at radius 3 is 2.44 bits per heavy atom. The fourth-order valence-corrected chi connectivity index (χ4v) is 2.70. The molecule has 1 N–H and O–H groups in total. The lowest BCUT2D eigenvalue weighted by molar-refractivity contribution is 0.730. The molecule has 0 aliphatic carbocycles. The summed E-state index contributed by atoms with van der Waals surface area (Å²) in [6, 6.07) is 10.2. The van der Waals surface area contributed by atoms with Crippen LogP contribution in [0, 0.1) is 0 Å². The van der Waals surface area contributed by atoms with Gasteiger partial charge < -0.3 is 5.32 Å². The summed E-state index contributed by atoms with van der Waals surface area (Å²) in [7, 11) is 0. The predicted molar refractivity (Wildman–Crippen MR) is 87.6 cm³/mol. The summed E-state index contributed by atoms with van der Waals surface area (Å²) in [5.74, 6) is 0.469. The average Bonchev–Trinajstić information content (AvgIpc) is 2.36. The number of nitrogens with one attached hydrogen (secondary N) is 1. The Hall–Kier alpha value is 0.0700. The van der Waals surface area contributed by atoms with Crippen LogP contribution in [0.3, 0.4) is 0 Å². The number of halogens is 3. The third-order valence-corrected chi connectivity index (χ3v) is 4.58. The predicted octanol–water partition coefficient (Wildman–Crippen LogP) is 5.24. The summed E-state index contributed by atoms with van der Waals surface area (Å²) in [4.78, 5) is 0. The van der Waals surface area contributed by atoms with Crippen molar-refractivity contribution in [3.63, 3.8) is 0 Å². The van der Waals surface area contributed by atoms with Gasteiger partial charge in [0.15, 0.2) is 0 Å². The van der Waals surface area contributed by atoms with Crippen LogP contribution in [0.4, 0.5) is 0 Å². The lowest BCUT2D eigenvalue weighted by Crippen LogP contribution is -2.22. The Kier molecular flexibility index (Phi) is 7.42. The zero-order valence-corrected chi connectivity index (χ0v) is 13.5. The summed E-state index contributed by atoms with van der Waals surface area (Å²) < 4.78 is 0.752. The van der Waals surface area contributed by atoms with Crippen molar-refractivity contribution in [1.82, 2.24) is 5.32 Å². The van der Waals surface area contributed by atoms with Gasteiger partial charge in [-0.3, -0.25) is 0 Å². The number of hydrogen-bond acceptors (Lipinski definition) is 2. The quantitative estimate of drug-likeness (QED) is 0.753. The maximum absolute atomic E-state index is 5.82. The molecule has 0 heterocycles. The molecule has 0 fully saturated rings. The van der Waals surface area contributed by atoms with Crippen molar-refractivity contribution in [1.29, 1.82) is 0 Å². The highest BCUT2D eigenvalue weighted by Crippen LogP contribution is 2.23. The molecule has 0 aliphatic heterocycles. The van der Waals surface area contributed by atoms with Crippen LogP contribution >= 0.6 is 58.8 Å². The van der Waals surface area contributed by atoms with Crippen LogP contribution in [0.5, 0.6) is 0 Å². The van der Waals surface area contributed by atoms with E-state index in [1.54, 1.807) is 0 Å². The van der Waals surface area contributed by atoms with Crippen LogP contribution < -0.4 is 5.32 Å². The molecule has 0 bridgehead atoms. The minimum Gasteiger partial charge on any atom is -0.364 e. The van der Waals surface area contributed by atoms with Gasteiger partial charge >= 0.3 is 0 Å². The molecule has 0 saturated carbocycles. The summed E-state index contributed by atoms with van der Waals surface area (Å²) >= 11 is 23.5. The van der Waals surface area contributed by atoms with Gasteiger partial charge in [0.25, 0.3) is 0 Å². The molecule has 1 aromatic carbocycles. The average molecular weight is 341 g/mol. The SMILES string of the molecule is CC(NC(=S)SCC(Cl)=C(Cl)Cl)c1ccccc1. The normalized spacial score (nSPS) is 11.8. The number of hydrogen-bond donors (Lipinski definition) is 1. The number of thioether (sulfide) groups is 1. The van der Waals surface area contributed by atoms with E-state index in [2.05, 4.69) is 5.32 Å². The lowest BCUT2D eigenvalue weighted by atomic mass is 10.1. The van der Waals surface area contributed by atoms with Gasteiger partial charge in [0, 0.05) is 11.8 Å². The Morgan fingerprint density at radius 2 is 1.89 bits per heavy atom. The summed E-state index contributed by atoms with van der Waals surface area (Å²) in [6.45, 7) is 2.05. The fraction of sp³-hybridized carbons (Fsp3) is 0.250. The summed E-state index contributed by atoms with van der Waals surface area (Å²) in [5, 5.41) is 3.62. The van der Waals surface area contributed by atoms with Crippen LogP contribution in [0.1, 0.15) is 18.5 Å². The van der Waals surface area contributed by atoms with Crippen LogP contribution in [-0.4, -0.2) is 10.1 Å². The molecule has 1 unspecified atom stereocenters. The van der Waals surface area contributed by atoms with Gasteiger partial charge in [-0.1, -0.05) is 89.1 Å². The largest absolute Gasteiger partial charge is 0.364 e. The fourth-order valence-electron chi connectivity index (χ4n) is 1.23. The van der Waals surface area contributed by atoms with Crippen LogP contribution in [0.15, 0.2) is 39.9 Å². The topological polar surface area (TPSA) is 12.0 Å². The van der Waals surface area contributed by atoms with E-state index < -0.39 is 0 Å². The zero-order valence-electron chi connectivity index (χ0n) is 9.62.